The van der Waals surface area contributed by atoms with Crippen molar-refractivity contribution in [3.63, 3.8) is 0 Å². The Morgan fingerprint density at radius 1 is 1.03 bits per heavy atom. The zero-order valence-electron chi connectivity index (χ0n) is 17.7. The molecule has 31 heavy (non-hydrogen) atoms. The van der Waals surface area contributed by atoms with Gasteiger partial charge in [-0.25, -0.2) is 4.79 Å². The number of hydrogen-bond acceptors (Lipinski definition) is 5. The van der Waals surface area contributed by atoms with Crippen LogP contribution in [0.2, 0.25) is 0 Å². The summed E-state index contributed by atoms with van der Waals surface area (Å²) in [4.78, 5) is 43.3. The fourth-order valence-electron chi connectivity index (χ4n) is 4.06. The zero-order chi connectivity index (χ0) is 22.0. The van der Waals surface area contributed by atoms with Crippen LogP contribution in [-0.2, 0) is 15.1 Å². The molecule has 2 heterocycles. The number of benzene rings is 2. The largest absolute Gasteiger partial charge is 0.497 e. The summed E-state index contributed by atoms with van der Waals surface area (Å²) in [5.74, 6) is 0.147. The van der Waals surface area contributed by atoms with Gasteiger partial charge in [-0.05, 0) is 24.6 Å². The van der Waals surface area contributed by atoms with Crippen LogP contribution in [0.3, 0.4) is 0 Å². The molecule has 1 atom stereocenters. The van der Waals surface area contributed by atoms with Crippen LogP contribution in [0.1, 0.15) is 12.5 Å². The molecule has 0 saturated carbocycles. The number of anilines is 1. The first-order chi connectivity index (χ1) is 14.9. The van der Waals surface area contributed by atoms with Crippen LogP contribution in [0.5, 0.6) is 5.75 Å². The molecular formula is C23H26N4O4. The number of methoxy groups -OCH3 is 1. The summed E-state index contributed by atoms with van der Waals surface area (Å²) in [6.45, 7) is 3.79. The highest BCUT2D eigenvalue weighted by Crippen LogP contribution is 2.28. The maximum Gasteiger partial charge on any atom is 0.325 e. The van der Waals surface area contributed by atoms with Gasteiger partial charge >= 0.3 is 6.03 Å². The molecule has 4 amide bonds. The lowest BCUT2D eigenvalue weighted by molar-refractivity contribution is -0.139. The van der Waals surface area contributed by atoms with E-state index in [9.17, 15) is 14.4 Å². The Hall–Kier alpha value is -3.55. The summed E-state index contributed by atoms with van der Waals surface area (Å²) >= 11 is 0. The van der Waals surface area contributed by atoms with Crippen molar-refractivity contribution in [2.24, 2.45) is 0 Å². The molecule has 2 saturated heterocycles. The van der Waals surface area contributed by atoms with Gasteiger partial charge in [-0.2, -0.15) is 0 Å². The van der Waals surface area contributed by atoms with E-state index in [1.54, 1.807) is 31.1 Å². The molecule has 4 rings (SSSR count). The van der Waals surface area contributed by atoms with Gasteiger partial charge in [0.1, 0.15) is 17.8 Å². The Balaban J connectivity index is 1.38. The topological polar surface area (TPSA) is 82.2 Å². The van der Waals surface area contributed by atoms with Crippen molar-refractivity contribution in [2.45, 2.75) is 12.5 Å². The number of imide groups is 1. The Labute approximate surface area is 181 Å². The average molecular weight is 422 g/mol. The van der Waals surface area contributed by atoms with E-state index in [1.165, 1.54) is 0 Å². The van der Waals surface area contributed by atoms with Gasteiger partial charge in [-0.3, -0.25) is 14.5 Å². The third-order valence-electron chi connectivity index (χ3n) is 5.97. The van der Waals surface area contributed by atoms with Gasteiger partial charge in [0.25, 0.3) is 5.91 Å². The van der Waals surface area contributed by atoms with E-state index in [4.69, 9.17) is 4.74 Å². The standard InChI is InChI=1S/C23H26N4O4/c1-23(17-7-4-3-5-8-17)21(29)27(22(30)24-23)16-20(28)26-13-11-25(12-14-26)18-9-6-10-19(15-18)31-2/h3-10,15H,11-14,16H2,1-2H3,(H,24,30)/t23-/m0/s1. The second-order valence-corrected chi connectivity index (χ2v) is 7.88. The van der Waals surface area contributed by atoms with Crippen LogP contribution in [0.4, 0.5) is 10.5 Å². The Kier molecular flexibility index (Phi) is 5.54. The molecule has 0 unspecified atom stereocenters. The maximum absolute atomic E-state index is 13.0. The minimum atomic E-state index is -1.16. The highest BCUT2D eigenvalue weighted by Gasteiger charge is 2.49. The summed E-state index contributed by atoms with van der Waals surface area (Å²) in [7, 11) is 1.63. The number of amides is 4. The lowest BCUT2D eigenvalue weighted by Gasteiger charge is -2.36. The molecule has 2 aliphatic heterocycles. The number of hydrogen-bond donors (Lipinski definition) is 1. The van der Waals surface area contributed by atoms with E-state index >= 15 is 0 Å². The van der Waals surface area contributed by atoms with Gasteiger partial charge in [0.05, 0.1) is 7.11 Å². The molecule has 8 heteroatoms. The SMILES string of the molecule is COc1cccc(N2CCN(C(=O)CN3C(=O)N[C@@](C)(c4ccccc4)C3=O)CC2)c1. The zero-order valence-corrected chi connectivity index (χ0v) is 17.7. The molecular weight excluding hydrogens is 396 g/mol. The minimum absolute atomic E-state index is 0.230. The molecule has 0 radical (unpaired) electrons. The third kappa shape index (κ3) is 3.93. The van der Waals surface area contributed by atoms with Gasteiger partial charge in [0.2, 0.25) is 5.91 Å². The van der Waals surface area contributed by atoms with E-state index < -0.39 is 17.5 Å². The summed E-state index contributed by atoms with van der Waals surface area (Å²) in [5, 5.41) is 2.74. The highest BCUT2D eigenvalue weighted by atomic mass is 16.5. The summed E-state index contributed by atoms with van der Waals surface area (Å²) in [6, 6.07) is 16.3. The monoisotopic (exact) mass is 422 g/mol. The van der Waals surface area contributed by atoms with Crippen LogP contribution in [0.25, 0.3) is 0 Å². The molecule has 2 aromatic rings. The van der Waals surface area contributed by atoms with E-state index in [0.717, 1.165) is 16.3 Å². The molecule has 1 N–H and O–H groups in total. The number of nitrogens with zero attached hydrogens (tertiary/aromatic N) is 3. The van der Waals surface area contributed by atoms with Crippen LogP contribution >= 0.6 is 0 Å². The maximum atomic E-state index is 13.0. The van der Waals surface area contributed by atoms with Crippen molar-refractivity contribution < 1.29 is 19.1 Å². The van der Waals surface area contributed by atoms with Crippen molar-refractivity contribution in [3.05, 3.63) is 60.2 Å². The first-order valence-corrected chi connectivity index (χ1v) is 10.3. The van der Waals surface area contributed by atoms with E-state index in [1.807, 2.05) is 42.5 Å². The predicted molar refractivity (Wildman–Crippen MR) is 116 cm³/mol. The van der Waals surface area contributed by atoms with Crippen molar-refractivity contribution >= 4 is 23.5 Å². The number of carbonyl (C=O) groups is 3. The quantitative estimate of drug-likeness (QED) is 0.744. The number of nitrogens with one attached hydrogen (secondary N) is 1. The lowest BCUT2D eigenvalue weighted by Crippen LogP contribution is -2.52. The number of urea groups is 1. The first-order valence-electron chi connectivity index (χ1n) is 10.3. The highest BCUT2D eigenvalue weighted by molar-refractivity contribution is 6.09. The molecule has 0 spiro atoms. The van der Waals surface area contributed by atoms with Crippen LogP contribution in [-0.4, -0.2) is 67.5 Å². The normalized spacial score (nSPS) is 21.3. The molecule has 2 aromatic carbocycles. The molecule has 0 aliphatic carbocycles. The molecule has 8 nitrogen and oxygen atoms in total. The fraction of sp³-hybridized carbons (Fsp3) is 0.348. The van der Waals surface area contributed by atoms with Gasteiger partial charge in [-0.15, -0.1) is 0 Å². The summed E-state index contributed by atoms with van der Waals surface area (Å²) in [6.07, 6.45) is 0. The van der Waals surface area contributed by atoms with Crippen molar-refractivity contribution in [2.75, 3.05) is 44.7 Å². The number of piperazine rings is 1. The van der Waals surface area contributed by atoms with Crippen LogP contribution < -0.4 is 15.0 Å². The number of ether oxygens (including phenoxy) is 1. The second kappa shape index (κ2) is 8.29. The smallest absolute Gasteiger partial charge is 0.325 e. The Morgan fingerprint density at radius 2 is 1.74 bits per heavy atom. The molecule has 0 bridgehead atoms. The molecule has 2 fully saturated rings. The van der Waals surface area contributed by atoms with E-state index in [-0.39, 0.29) is 12.5 Å². The number of rotatable bonds is 5. The molecule has 2 aliphatic rings. The van der Waals surface area contributed by atoms with Crippen LogP contribution in [0.15, 0.2) is 54.6 Å². The fourth-order valence-corrected chi connectivity index (χ4v) is 4.06. The van der Waals surface area contributed by atoms with Gasteiger partial charge in [0.15, 0.2) is 0 Å². The average Bonchev–Trinajstić information content (AvgIpc) is 3.03. The summed E-state index contributed by atoms with van der Waals surface area (Å²) < 4.78 is 5.28. The lowest BCUT2D eigenvalue weighted by atomic mass is 9.92. The number of carbonyl (C=O) groups excluding carboxylic acids is 3. The molecule has 0 aromatic heterocycles. The third-order valence-corrected chi connectivity index (χ3v) is 5.97. The minimum Gasteiger partial charge on any atom is -0.497 e. The molecule has 162 valence electrons. The van der Waals surface area contributed by atoms with E-state index in [0.29, 0.717) is 31.7 Å². The van der Waals surface area contributed by atoms with Gasteiger partial charge in [-0.1, -0.05) is 36.4 Å². The first kappa shape index (κ1) is 20.7. The Bertz CT molecular complexity index is 988. The van der Waals surface area contributed by atoms with Gasteiger partial charge < -0.3 is 19.9 Å². The predicted octanol–water partition coefficient (Wildman–Crippen LogP) is 1.81. The van der Waals surface area contributed by atoms with Crippen molar-refractivity contribution in [3.8, 4) is 5.75 Å². The Morgan fingerprint density at radius 3 is 2.42 bits per heavy atom. The second-order valence-electron chi connectivity index (χ2n) is 7.88. The van der Waals surface area contributed by atoms with Crippen LogP contribution in [0, 0.1) is 0 Å². The van der Waals surface area contributed by atoms with Crippen molar-refractivity contribution in [1.82, 2.24) is 15.1 Å². The van der Waals surface area contributed by atoms with Gasteiger partial charge in [0, 0.05) is 37.9 Å². The summed E-state index contributed by atoms with van der Waals surface area (Å²) in [5.41, 5.74) is 0.568. The van der Waals surface area contributed by atoms with Crippen molar-refractivity contribution in [1.29, 1.82) is 0 Å². The van der Waals surface area contributed by atoms with E-state index in [2.05, 4.69) is 10.2 Å².